The summed E-state index contributed by atoms with van der Waals surface area (Å²) >= 11 is 0. The van der Waals surface area contributed by atoms with Gasteiger partial charge >= 0.3 is 6.03 Å². The second-order valence-electron chi connectivity index (χ2n) is 7.95. The van der Waals surface area contributed by atoms with Crippen molar-refractivity contribution in [3.05, 3.63) is 53.9 Å². The minimum atomic E-state index is -0.238. The van der Waals surface area contributed by atoms with Crippen LogP contribution >= 0.6 is 0 Å². The van der Waals surface area contributed by atoms with E-state index in [-0.39, 0.29) is 18.5 Å². The van der Waals surface area contributed by atoms with Crippen LogP contribution in [0.15, 0.2) is 42.6 Å². The minimum absolute atomic E-state index is 0.0340. The van der Waals surface area contributed by atoms with Crippen molar-refractivity contribution >= 4 is 17.6 Å². The van der Waals surface area contributed by atoms with Crippen LogP contribution in [0.3, 0.4) is 0 Å². The molecule has 0 spiro atoms. The maximum Gasteiger partial charge on any atom is 0.322 e. The van der Waals surface area contributed by atoms with E-state index in [1.54, 1.807) is 4.90 Å². The molecule has 1 heterocycles. The Bertz CT molecular complexity index is 813. The molecule has 2 rings (SSSR count). The Morgan fingerprint density at radius 2 is 1.83 bits per heavy atom. The van der Waals surface area contributed by atoms with Gasteiger partial charge in [0.25, 0.3) is 0 Å². The standard InChI is InChI=1S/C23H34N4O2/c1-6-13-26(23(29)24-21-12-8-7-10-19(21)4)17-22(28)27(15-18(2)3)16-20-11-9-14-25(20)5/h7-12,14,18H,6,13,15-17H2,1-5H3,(H,24,29). The van der Waals surface area contributed by atoms with Gasteiger partial charge in [-0.15, -0.1) is 0 Å². The van der Waals surface area contributed by atoms with Gasteiger partial charge < -0.3 is 19.7 Å². The molecular formula is C23H34N4O2. The number of carbonyl (C=O) groups is 2. The molecule has 0 aliphatic rings. The van der Waals surface area contributed by atoms with E-state index < -0.39 is 0 Å². The fourth-order valence-electron chi connectivity index (χ4n) is 3.24. The third-order valence-electron chi connectivity index (χ3n) is 4.84. The molecule has 0 radical (unpaired) electrons. The molecule has 0 saturated heterocycles. The molecule has 0 saturated carbocycles. The molecule has 2 aromatic rings. The molecule has 6 nitrogen and oxygen atoms in total. The highest BCUT2D eigenvalue weighted by atomic mass is 16.2. The zero-order chi connectivity index (χ0) is 21.4. The smallest absolute Gasteiger partial charge is 0.322 e. The molecule has 29 heavy (non-hydrogen) atoms. The number of benzene rings is 1. The molecule has 0 unspecified atom stereocenters. The highest BCUT2D eigenvalue weighted by Crippen LogP contribution is 2.15. The molecule has 1 N–H and O–H groups in total. The van der Waals surface area contributed by atoms with Gasteiger partial charge in [0.05, 0.1) is 6.54 Å². The number of aryl methyl sites for hydroxylation is 2. The summed E-state index contributed by atoms with van der Waals surface area (Å²) in [5.74, 6) is 0.313. The quantitative estimate of drug-likeness (QED) is 0.686. The van der Waals surface area contributed by atoms with Crippen LogP contribution in [-0.4, -0.2) is 45.9 Å². The van der Waals surface area contributed by atoms with Crippen LogP contribution in [0.5, 0.6) is 0 Å². The molecule has 6 heteroatoms. The van der Waals surface area contributed by atoms with Gasteiger partial charge in [0.2, 0.25) is 5.91 Å². The van der Waals surface area contributed by atoms with Gasteiger partial charge in [-0.25, -0.2) is 4.79 Å². The Labute approximate surface area is 174 Å². The first-order chi connectivity index (χ1) is 13.8. The molecular weight excluding hydrogens is 364 g/mol. The summed E-state index contributed by atoms with van der Waals surface area (Å²) < 4.78 is 2.02. The number of hydrogen-bond donors (Lipinski definition) is 1. The van der Waals surface area contributed by atoms with Crippen molar-refractivity contribution in [1.29, 1.82) is 0 Å². The van der Waals surface area contributed by atoms with E-state index >= 15 is 0 Å². The second-order valence-corrected chi connectivity index (χ2v) is 7.95. The average molecular weight is 399 g/mol. The average Bonchev–Trinajstić information content (AvgIpc) is 3.07. The van der Waals surface area contributed by atoms with Gasteiger partial charge in [-0.3, -0.25) is 4.79 Å². The van der Waals surface area contributed by atoms with Gasteiger partial charge in [-0.2, -0.15) is 0 Å². The van der Waals surface area contributed by atoms with Crippen LogP contribution in [0.1, 0.15) is 38.4 Å². The number of urea groups is 1. The lowest BCUT2D eigenvalue weighted by Crippen LogP contribution is -2.45. The largest absolute Gasteiger partial charge is 0.353 e. The fraction of sp³-hybridized carbons (Fsp3) is 0.478. The highest BCUT2D eigenvalue weighted by molar-refractivity contribution is 5.93. The first kappa shape index (κ1) is 22.5. The van der Waals surface area contributed by atoms with Gasteiger partial charge in [0.15, 0.2) is 0 Å². The molecule has 0 aliphatic carbocycles. The van der Waals surface area contributed by atoms with Gasteiger partial charge in [0, 0.05) is 37.7 Å². The Morgan fingerprint density at radius 3 is 2.41 bits per heavy atom. The lowest BCUT2D eigenvalue weighted by atomic mass is 10.2. The van der Waals surface area contributed by atoms with Crippen molar-refractivity contribution in [3.8, 4) is 0 Å². The number of rotatable bonds is 9. The van der Waals surface area contributed by atoms with Gasteiger partial charge in [-0.05, 0) is 43.0 Å². The first-order valence-corrected chi connectivity index (χ1v) is 10.3. The number of nitrogens with zero attached hydrogens (tertiary/aromatic N) is 3. The Morgan fingerprint density at radius 1 is 1.10 bits per heavy atom. The first-order valence-electron chi connectivity index (χ1n) is 10.3. The van der Waals surface area contributed by atoms with Crippen molar-refractivity contribution < 1.29 is 9.59 Å². The topological polar surface area (TPSA) is 57.6 Å². The number of carbonyl (C=O) groups excluding carboxylic acids is 2. The fourth-order valence-corrected chi connectivity index (χ4v) is 3.24. The van der Waals surface area contributed by atoms with E-state index in [2.05, 4.69) is 19.2 Å². The van der Waals surface area contributed by atoms with Crippen molar-refractivity contribution in [2.45, 2.75) is 40.7 Å². The number of para-hydroxylation sites is 1. The number of hydrogen-bond acceptors (Lipinski definition) is 2. The van der Waals surface area contributed by atoms with Gasteiger partial charge in [0.1, 0.15) is 6.54 Å². The molecule has 1 aromatic heterocycles. The monoisotopic (exact) mass is 398 g/mol. The molecule has 0 fully saturated rings. The summed E-state index contributed by atoms with van der Waals surface area (Å²) in [6.07, 6.45) is 2.77. The van der Waals surface area contributed by atoms with E-state index in [0.29, 0.717) is 25.6 Å². The summed E-state index contributed by atoms with van der Waals surface area (Å²) in [5.41, 5.74) is 2.84. The van der Waals surface area contributed by atoms with E-state index in [1.165, 1.54) is 0 Å². The lowest BCUT2D eigenvalue weighted by Gasteiger charge is -2.29. The van der Waals surface area contributed by atoms with Gasteiger partial charge in [-0.1, -0.05) is 39.0 Å². The lowest BCUT2D eigenvalue weighted by molar-refractivity contribution is -0.133. The Hall–Kier alpha value is -2.76. The summed E-state index contributed by atoms with van der Waals surface area (Å²) in [4.78, 5) is 29.4. The van der Waals surface area contributed by atoms with Crippen LogP contribution in [0.4, 0.5) is 10.5 Å². The number of aromatic nitrogens is 1. The molecule has 3 amide bonds. The highest BCUT2D eigenvalue weighted by Gasteiger charge is 2.22. The van der Waals surface area contributed by atoms with E-state index in [1.807, 2.05) is 73.0 Å². The zero-order valence-corrected chi connectivity index (χ0v) is 18.3. The van der Waals surface area contributed by atoms with Crippen LogP contribution in [0.2, 0.25) is 0 Å². The van der Waals surface area contributed by atoms with Crippen LogP contribution in [0, 0.1) is 12.8 Å². The maximum absolute atomic E-state index is 13.1. The van der Waals surface area contributed by atoms with Crippen LogP contribution < -0.4 is 5.32 Å². The third-order valence-corrected chi connectivity index (χ3v) is 4.84. The Balaban J connectivity index is 2.10. The van der Waals surface area contributed by atoms with E-state index in [0.717, 1.165) is 23.4 Å². The molecule has 0 aliphatic heterocycles. The van der Waals surface area contributed by atoms with Crippen molar-refractivity contribution in [1.82, 2.24) is 14.4 Å². The summed E-state index contributed by atoms with van der Waals surface area (Å²) in [6.45, 7) is 9.96. The van der Waals surface area contributed by atoms with E-state index in [9.17, 15) is 9.59 Å². The predicted octanol–water partition coefficient (Wildman–Crippen LogP) is 4.26. The summed E-state index contributed by atoms with van der Waals surface area (Å²) in [7, 11) is 1.98. The molecule has 0 bridgehead atoms. The minimum Gasteiger partial charge on any atom is -0.353 e. The van der Waals surface area contributed by atoms with Crippen LogP contribution in [-0.2, 0) is 18.4 Å². The maximum atomic E-state index is 13.1. The third kappa shape index (κ3) is 6.66. The summed E-state index contributed by atoms with van der Waals surface area (Å²) in [6, 6.07) is 11.4. The molecule has 0 atom stereocenters. The number of nitrogens with one attached hydrogen (secondary N) is 1. The Kier molecular flexibility index (Phi) is 8.31. The molecule has 1 aromatic carbocycles. The number of anilines is 1. The SMILES string of the molecule is CCCN(CC(=O)N(Cc1cccn1C)CC(C)C)C(=O)Nc1ccccc1C. The zero-order valence-electron chi connectivity index (χ0n) is 18.3. The summed E-state index contributed by atoms with van der Waals surface area (Å²) in [5, 5.41) is 2.95. The molecule has 158 valence electrons. The van der Waals surface area contributed by atoms with E-state index in [4.69, 9.17) is 0 Å². The number of amides is 3. The van der Waals surface area contributed by atoms with Crippen molar-refractivity contribution in [2.24, 2.45) is 13.0 Å². The second kappa shape index (κ2) is 10.7. The van der Waals surface area contributed by atoms with Crippen molar-refractivity contribution in [3.63, 3.8) is 0 Å². The normalized spacial score (nSPS) is 10.8. The van der Waals surface area contributed by atoms with Crippen molar-refractivity contribution in [2.75, 3.05) is 25.0 Å². The van der Waals surface area contributed by atoms with Crippen LogP contribution in [0.25, 0.3) is 0 Å². The predicted molar refractivity (Wildman–Crippen MR) is 118 cm³/mol.